The molecule has 1 fully saturated rings. The molecule has 3 heteroatoms. The molecule has 0 spiro atoms. The van der Waals surface area contributed by atoms with Crippen molar-refractivity contribution in [3.63, 3.8) is 0 Å². The largest absolute Gasteiger partial charge is 0.467 e. The first-order valence-electron chi connectivity index (χ1n) is 5.86. The Morgan fingerprint density at radius 2 is 2.11 bits per heavy atom. The first-order valence-corrected chi connectivity index (χ1v) is 5.86. The molecule has 94 valence electrons. The molecule has 1 aliphatic heterocycles. The molecule has 0 radical (unpaired) electrons. The third-order valence-corrected chi connectivity index (χ3v) is 2.88. The molecule has 18 heavy (non-hydrogen) atoms. The van der Waals surface area contributed by atoms with Crippen LogP contribution in [0.25, 0.3) is 6.08 Å². The van der Waals surface area contributed by atoms with Crippen LogP contribution in [0.3, 0.4) is 0 Å². The molecule has 0 unspecified atom stereocenters. The first-order chi connectivity index (χ1) is 8.73. The number of hydrogen-bond donors (Lipinski definition) is 0. The smallest absolute Gasteiger partial charge is 0.345 e. The predicted octanol–water partition coefficient (Wildman–Crippen LogP) is 2.59. The van der Waals surface area contributed by atoms with Crippen molar-refractivity contribution in [1.29, 1.82) is 0 Å². The molecule has 1 aromatic rings. The standard InChI is InChI=1S/C15H16O3/c1-3-7-13-15(18-13,14(16)17-2)11-10-12-8-5-4-6-9-12/h3-11,13H,1-2H3/b7-3+,11-10+/t13-,15-/m1/s1. The minimum Gasteiger partial charge on any atom is -0.467 e. The van der Waals surface area contributed by atoms with E-state index in [0.717, 1.165) is 5.56 Å². The summed E-state index contributed by atoms with van der Waals surface area (Å²) in [6, 6.07) is 9.77. The Labute approximate surface area is 107 Å². The van der Waals surface area contributed by atoms with Crippen molar-refractivity contribution in [3.8, 4) is 0 Å². The molecule has 2 rings (SSSR count). The Bertz CT molecular complexity index is 476. The van der Waals surface area contributed by atoms with E-state index >= 15 is 0 Å². The quantitative estimate of drug-likeness (QED) is 0.464. The van der Waals surface area contributed by atoms with Crippen molar-refractivity contribution in [2.75, 3.05) is 7.11 Å². The van der Waals surface area contributed by atoms with Gasteiger partial charge in [-0.2, -0.15) is 0 Å². The van der Waals surface area contributed by atoms with Crippen molar-refractivity contribution < 1.29 is 14.3 Å². The Morgan fingerprint density at radius 3 is 2.72 bits per heavy atom. The van der Waals surface area contributed by atoms with E-state index in [-0.39, 0.29) is 12.1 Å². The van der Waals surface area contributed by atoms with Crippen molar-refractivity contribution >= 4 is 12.0 Å². The van der Waals surface area contributed by atoms with Gasteiger partial charge in [-0.3, -0.25) is 0 Å². The average Bonchev–Trinajstić information content (AvgIpc) is 3.12. The topological polar surface area (TPSA) is 38.8 Å². The average molecular weight is 244 g/mol. The van der Waals surface area contributed by atoms with Gasteiger partial charge in [-0.25, -0.2) is 4.79 Å². The van der Waals surface area contributed by atoms with Crippen LogP contribution in [-0.2, 0) is 14.3 Å². The van der Waals surface area contributed by atoms with E-state index < -0.39 is 5.60 Å². The molecule has 1 aromatic carbocycles. The number of esters is 1. The van der Waals surface area contributed by atoms with Gasteiger partial charge < -0.3 is 9.47 Å². The minimum absolute atomic E-state index is 0.227. The third kappa shape index (κ3) is 2.36. The molecule has 2 atom stereocenters. The van der Waals surface area contributed by atoms with Crippen molar-refractivity contribution in [2.45, 2.75) is 18.6 Å². The van der Waals surface area contributed by atoms with Crippen LogP contribution in [0.5, 0.6) is 0 Å². The van der Waals surface area contributed by atoms with Gasteiger partial charge in [-0.05, 0) is 18.6 Å². The van der Waals surface area contributed by atoms with Crippen LogP contribution >= 0.6 is 0 Å². The molecule has 0 N–H and O–H groups in total. The maximum Gasteiger partial charge on any atom is 0.345 e. The van der Waals surface area contributed by atoms with Gasteiger partial charge in [0.1, 0.15) is 6.10 Å². The Balaban J connectivity index is 2.18. The molecule has 0 saturated carbocycles. The summed E-state index contributed by atoms with van der Waals surface area (Å²) in [5.41, 5.74) is 0.0763. The van der Waals surface area contributed by atoms with Gasteiger partial charge in [0.05, 0.1) is 7.11 Å². The van der Waals surface area contributed by atoms with Crippen LogP contribution in [0, 0.1) is 0 Å². The highest BCUT2D eigenvalue weighted by atomic mass is 16.7. The van der Waals surface area contributed by atoms with Gasteiger partial charge >= 0.3 is 5.97 Å². The highest BCUT2D eigenvalue weighted by molar-refractivity contribution is 5.88. The van der Waals surface area contributed by atoms with Gasteiger partial charge in [0.15, 0.2) is 0 Å². The van der Waals surface area contributed by atoms with E-state index in [9.17, 15) is 4.79 Å². The number of benzene rings is 1. The zero-order chi connectivity index (χ0) is 13.0. The van der Waals surface area contributed by atoms with E-state index in [1.807, 2.05) is 55.5 Å². The van der Waals surface area contributed by atoms with Crippen molar-refractivity contribution in [3.05, 3.63) is 54.1 Å². The molecular weight excluding hydrogens is 228 g/mol. The number of carbonyl (C=O) groups is 1. The number of rotatable bonds is 4. The Hall–Kier alpha value is -1.87. The second kappa shape index (κ2) is 5.19. The van der Waals surface area contributed by atoms with Crippen molar-refractivity contribution in [1.82, 2.24) is 0 Å². The van der Waals surface area contributed by atoms with Gasteiger partial charge in [-0.15, -0.1) is 0 Å². The van der Waals surface area contributed by atoms with Crippen LogP contribution in [-0.4, -0.2) is 24.8 Å². The number of allylic oxidation sites excluding steroid dienone is 1. The highest BCUT2D eigenvalue weighted by Gasteiger charge is 2.60. The number of hydrogen-bond acceptors (Lipinski definition) is 3. The van der Waals surface area contributed by atoms with Gasteiger partial charge in [0.2, 0.25) is 5.60 Å². The van der Waals surface area contributed by atoms with E-state index in [4.69, 9.17) is 9.47 Å². The molecule has 0 bridgehead atoms. The summed E-state index contributed by atoms with van der Waals surface area (Å²) >= 11 is 0. The summed E-state index contributed by atoms with van der Waals surface area (Å²) in [5.74, 6) is -0.363. The fraction of sp³-hybridized carbons (Fsp3) is 0.267. The summed E-state index contributed by atoms with van der Waals surface area (Å²) in [4.78, 5) is 11.8. The summed E-state index contributed by atoms with van der Waals surface area (Å²) in [6.07, 6.45) is 7.13. The lowest BCUT2D eigenvalue weighted by molar-refractivity contribution is -0.144. The fourth-order valence-electron chi connectivity index (χ4n) is 1.84. The first kappa shape index (κ1) is 12.6. The van der Waals surface area contributed by atoms with Crippen LogP contribution < -0.4 is 0 Å². The number of epoxide rings is 1. The molecule has 1 heterocycles. The van der Waals surface area contributed by atoms with Gasteiger partial charge in [0.25, 0.3) is 0 Å². The number of ether oxygens (including phenoxy) is 2. The summed E-state index contributed by atoms with van der Waals surface area (Å²) in [6.45, 7) is 1.89. The fourth-order valence-corrected chi connectivity index (χ4v) is 1.84. The van der Waals surface area contributed by atoms with Crippen LogP contribution in [0.1, 0.15) is 12.5 Å². The van der Waals surface area contributed by atoms with Gasteiger partial charge in [-0.1, -0.05) is 48.6 Å². The maximum absolute atomic E-state index is 11.8. The molecular formula is C15H16O3. The number of methoxy groups -OCH3 is 1. The normalized spacial score (nSPS) is 26.7. The molecule has 1 aliphatic rings. The second-order valence-corrected chi connectivity index (χ2v) is 4.09. The van der Waals surface area contributed by atoms with Crippen LogP contribution in [0.2, 0.25) is 0 Å². The van der Waals surface area contributed by atoms with E-state index in [1.54, 1.807) is 6.08 Å². The van der Waals surface area contributed by atoms with Crippen LogP contribution in [0.15, 0.2) is 48.6 Å². The summed E-state index contributed by atoms with van der Waals surface area (Å²) < 4.78 is 10.3. The number of carbonyl (C=O) groups excluding carboxylic acids is 1. The molecule has 0 aliphatic carbocycles. The van der Waals surface area contributed by atoms with Crippen molar-refractivity contribution in [2.24, 2.45) is 0 Å². The lowest BCUT2D eigenvalue weighted by atomic mass is 10.0. The van der Waals surface area contributed by atoms with E-state index in [0.29, 0.717) is 0 Å². The Morgan fingerprint density at radius 1 is 1.39 bits per heavy atom. The van der Waals surface area contributed by atoms with Crippen LogP contribution in [0.4, 0.5) is 0 Å². The van der Waals surface area contributed by atoms with E-state index in [2.05, 4.69) is 0 Å². The van der Waals surface area contributed by atoms with Gasteiger partial charge in [0, 0.05) is 0 Å². The summed E-state index contributed by atoms with van der Waals surface area (Å²) in [7, 11) is 1.37. The maximum atomic E-state index is 11.8. The minimum atomic E-state index is -0.947. The third-order valence-electron chi connectivity index (χ3n) is 2.88. The monoisotopic (exact) mass is 244 g/mol. The zero-order valence-corrected chi connectivity index (χ0v) is 10.5. The second-order valence-electron chi connectivity index (χ2n) is 4.09. The van der Waals surface area contributed by atoms with E-state index in [1.165, 1.54) is 7.11 Å². The lowest BCUT2D eigenvalue weighted by Crippen LogP contribution is -2.25. The molecule has 1 saturated heterocycles. The Kier molecular flexibility index (Phi) is 3.63. The molecule has 0 amide bonds. The highest BCUT2D eigenvalue weighted by Crippen LogP contribution is 2.40. The molecule has 0 aromatic heterocycles. The summed E-state index contributed by atoms with van der Waals surface area (Å²) in [5, 5.41) is 0. The SMILES string of the molecule is C/C=C/[C@H]1O[C@@]1(/C=C/c1ccccc1)C(=O)OC. The predicted molar refractivity (Wildman–Crippen MR) is 69.9 cm³/mol. The lowest BCUT2D eigenvalue weighted by Gasteiger charge is -2.04. The molecule has 3 nitrogen and oxygen atoms in total. The zero-order valence-electron chi connectivity index (χ0n) is 10.5.